The third-order valence-corrected chi connectivity index (χ3v) is 3.67. The van der Waals surface area contributed by atoms with Gasteiger partial charge >= 0.3 is 0 Å². The minimum absolute atomic E-state index is 0.194. The molecule has 0 unspecified atom stereocenters. The predicted octanol–water partition coefficient (Wildman–Crippen LogP) is 4.31. The molecule has 4 heteroatoms. The van der Waals surface area contributed by atoms with Crippen molar-refractivity contribution < 1.29 is 14.6 Å². The van der Waals surface area contributed by atoms with Gasteiger partial charge in [0.2, 0.25) is 0 Å². The molecule has 0 amide bonds. The number of phenols is 1. The molecule has 4 nitrogen and oxygen atoms in total. The van der Waals surface area contributed by atoms with E-state index in [2.05, 4.69) is 4.99 Å². The normalized spacial score (nSPS) is 11.0. The third-order valence-electron chi connectivity index (χ3n) is 3.67. The number of fused-ring (bicyclic) bond motifs is 1. The molecule has 1 N–H and O–H groups in total. The highest BCUT2D eigenvalue weighted by molar-refractivity contribution is 6.03. The van der Waals surface area contributed by atoms with E-state index in [9.17, 15) is 5.11 Å². The zero-order valence-corrected chi connectivity index (χ0v) is 13.0. The van der Waals surface area contributed by atoms with Gasteiger partial charge in [0.05, 0.1) is 14.2 Å². The number of ether oxygens (including phenoxy) is 2. The van der Waals surface area contributed by atoms with Crippen LogP contribution >= 0.6 is 0 Å². The second-order valence-electron chi connectivity index (χ2n) is 5.02. The molecule has 0 aliphatic heterocycles. The van der Waals surface area contributed by atoms with Gasteiger partial charge in [0.1, 0.15) is 22.9 Å². The van der Waals surface area contributed by atoms with Crippen molar-refractivity contribution in [2.75, 3.05) is 14.2 Å². The van der Waals surface area contributed by atoms with Crippen molar-refractivity contribution in [1.82, 2.24) is 0 Å². The highest BCUT2D eigenvalue weighted by Gasteiger charge is 2.06. The van der Waals surface area contributed by atoms with E-state index in [1.165, 1.54) is 0 Å². The lowest BCUT2D eigenvalue weighted by Crippen LogP contribution is -1.89. The number of hydrogen-bond acceptors (Lipinski definition) is 4. The third kappa shape index (κ3) is 2.97. The van der Waals surface area contributed by atoms with E-state index in [0.717, 1.165) is 10.8 Å². The average molecular weight is 307 g/mol. The lowest BCUT2D eigenvalue weighted by molar-refractivity contribution is 0.395. The van der Waals surface area contributed by atoms with Crippen LogP contribution in [0.3, 0.4) is 0 Å². The second kappa shape index (κ2) is 6.40. The van der Waals surface area contributed by atoms with Gasteiger partial charge in [-0.2, -0.15) is 0 Å². The highest BCUT2D eigenvalue weighted by atomic mass is 16.5. The summed E-state index contributed by atoms with van der Waals surface area (Å²) in [6, 6.07) is 16.8. The molecular formula is C19H17NO3. The number of aromatic hydroxyl groups is 1. The Morgan fingerprint density at radius 1 is 0.957 bits per heavy atom. The van der Waals surface area contributed by atoms with Crippen LogP contribution in [0.15, 0.2) is 59.6 Å². The molecule has 3 rings (SSSR count). The molecule has 0 saturated carbocycles. The molecule has 0 atom stereocenters. The predicted molar refractivity (Wildman–Crippen MR) is 92.4 cm³/mol. The fourth-order valence-corrected chi connectivity index (χ4v) is 2.45. The van der Waals surface area contributed by atoms with Crippen molar-refractivity contribution in [1.29, 1.82) is 0 Å². The fourth-order valence-electron chi connectivity index (χ4n) is 2.45. The molecule has 116 valence electrons. The van der Waals surface area contributed by atoms with Gasteiger partial charge in [-0.15, -0.1) is 0 Å². The quantitative estimate of drug-likeness (QED) is 0.731. The van der Waals surface area contributed by atoms with Gasteiger partial charge < -0.3 is 14.6 Å². The lowest BCUT2D eigenvalue weighted by Gasteiger charge is -2.08. The summed E-state index contributed by atoms with van der Waals surface area (Å²) in [6.07, 6.45) is 1.65. The van der Waals surface area contributed by atoms with Crippen molar-refractivity contribution in [2.24, 2.45) is 4.99 Å². The topological polar surface area (TPSA) is 51.0 Å². The van der Waals surface area contributed by atoms with Crippen LogP contribution in [-0.2, 0) is 0 Å². The molecule has 0 heterocycles. The van der Waals surface area contributed by atoms with Crippen molar-refractivity contribution in [3.63, 3.8) is 0 Å². The van der Waals surface area contributed by atoms with Crippen LogP contribution in [0.4, 0.5) is 5.69 Å². The van der Waals surface area contributed by atoms with Crippen LogP contribution in [-0.4, -0.2) is 25.5 Å². The standard InChI is InChI=1S/C19H17NO3/c1-22-14-8-9-17(19(11-14)23-2)20-12-16-15-6-4-3-5-13(15)7-10-18(16)21/h3-12,21H,1-2H3. The maximum atomic E-state index is 10.2. The first-order valence-electron chi connectivity index (χ1n) is 7.19. The van der Waals surface area contributed by atoms with Gasteiger partial charge in [0.15, 0.2) is 0 Å². The molecule has 0 aliphatic carbocycles. The van der Waals surface area contributed by atoms with Gasteiger partial charge in [-0.1, -0.05) is 30.3 Å². The Kier molecular flexibility index (Phi) is 4.15. The van der Waals surface area contributed by atoms with Crippen LogP contribution in [0.5, 0.6) is 17.2 Å². The van der Waals surface area contributed by atoms with Crippen LogP contribution in [0, 0.1) is 0 Å². The molecule has 0 aromatic heterocycles. The Morgan fingerprint density at radius 3 is 2.57 bits per heavy atom. The van der Waals surface area contributed by atoms with Crippen LogP contribution in [0.2, 0.25) is 0 Å². The first-order chi connectivity index (χ1) is 11.2. The number of aliphatic imine (C=N–C) groups is 1. The van der Waals surface area contributed by atoms with Gasteiger partial charge in [-0.3, -0.25) is 4.99 Å². The molecule has 0 aliphatic rings. The van der Waals surface area contributed by atoms with Gasteiger partial charge in [-0.25, -0.2) is 0 Å². The summed E-state index contributed by atoms with van der Waals surface area (Å²) in [6.45, 7) is 0. The first kappa shape index (κ1) is 14.9. The van der Waals surface area contributed by atoms with Crippen molar-refractivity contribution >= 4 is 22.7 Å². The summed E-state index contributed by atoms with van der Waals surface area (Å²) in [5, 5.41) is 12.2. The summed E-state index contributed by atoms with van der Waals surface area (Å²) in [5.41, 5.74) is 1.35. The van der Waals surface area contributed by atoms with E-state index in [1.807, 2.05) is 42.5 Å². The van der Waals surface area contributed by atoms with Gasteiger partial charge in [0.25, 0.3) is 0 Å². The van der Waals surface area contributed by atoms with Gasteiger partial charge in [-0.05, 0) is 29.0 Å². The van der Waals surface area contributed by atoms with E-state index in [4.69, 9.17) is 9.47 Å². The van der Waals surface area contributed by atoms with E-state index in [0.29, 0.717) is 22.7 Å². The summed E-state index contributed by atoms with van der Waals surface area (Å²) in [7, 11) is 3.19. The molecule has 3 aromatic rings. The minimum atomic E-state index is 0.194. The van der Waals surface area contributed by atoms with E-state index < -0.39 is 0 Å². The Bertz CT molecular complexity index is 872. The summed E-state index contributed by atoms with van der Waals surface area (Å²) >= 11 is 0. The Hall–Kier alpha value is -3.01. The molecule has 3 aromatic carbocycles. The molecular weight excluding hydrogens is 290 g/mol. The molecule has 0 radical (unpaired) electrons. The first-order valence-corrected chi connectivity index (χ1v) is 7.19. The van der Waals surface area contributed by atoms with Crippen molar-refractivity contribution in [3.8, 4) is 17.2 Å². The van der Waals surface area contributed by atoms with E-state index in [-0.39, 0.29) is 5.75 Å². The molecule has 0 spiro atoms. The summed E-state index contributed by atoms with van der Waals surface area (Å²) < 4.78 is 10.5. The molecule has 0 bridgehead atoms. The number of hydrogen-bond donors (Lipinski definition) is 1. The number of nitrogens with zero attached hydrogens (tertiary/aromatic N) is 1. The zero-order valence-electron chi connectivity index (χ0n) is 13.0. The number of methoxy groups -OCH3 is 2. The second-order valence-corrected chi connectivity index (χ2v) is 5.02. The largest absolute Gasteiger partial charge is 0.507 e. The monoisotopic (exact) mass is 307 g/mol. The minimum Gasteiger partial charge on any atom is -0.507 e. The summed E-state index contributed by atoms with van der Waals surface area (Å²) in [5.74, 6) is 1.51. The smallest absolute Gasteiger partial charge is 0.148 e. The molecule has 0 fully saturated rings. The molecule has 23 heavy (non-hydrogen) atoms. The van der Waals surface area contributed by atoms with E-state index in [1.54, 1.807) is 32.6 Å². The van der Waals surface area contributed by atoms with Crippen LogP contribution < -0.4 is 9.47 Å². The van der Waals surface area contributed by atoms with Crippen molar-refractivity contribution in [3.05, 3.63) is 60.2 Å². The highest BCUT2D eigenvalue weighted by Crippen LogP contribution is 2.32. The maximum absolute atomic E-state index is 10.2. The fraction of sp³-hybridized carbons (Fsp3) is 0.105. The SMILES string of the molecule is COc1ccc(N=Cc2c(O)ccc3ccccc23)c(OC)c1. The Balaban J connectivity index is 2.05. The van der Waals surface area contributed by atoms with Crippen LogP contribution in [0.1, 0.15) is 5.56 Å². The Morgan fingerprint density at radius 2 is 1.78 bits per heavy atom. The van der Waals surface area contributed by atoms with Crippen molar-refractivity contribution in [2.45, 2.75) is 0 Å². The Labute approximate surface area is 134 Å². The summed E-state index contributed by atoms with van der Waals surface area (Å²) in [4.78, 5) is 4.47. The molecule has 0 saturated heterocycles. The van der Waals surface area contributed by atoms with E-state index >= 15 is 0 Å². The number of rotatable bonds is 4. The van der Waals surface area contributed by atoms with Gasteiger partial charge in [0, 0.05) is 17.8 Å². The maximum Gasteiger partial charge on any atom is 0.148 e. The number of benzene rings is 3. The average Bonchev–Trinajstić information content (AvgIpc) is 2.60. The zero-order chi connectivity index (χ0) is 16.2. The lowest BCUT2D eigenvalue weighted by atomic mass is 10.0. The number of phenolic OH excluding ortho intramolecular Hbond substituents is 1. The van der Waals surface area contributed by atoms with Crippen LogP contribution in [0.25, 0.3) is 10.8 Å².